The molecule has 0 atom stereocenters. The number of benzene rings is 1. The molecule has 0 aromatic heterocycles. The molecule has 0 unspecified atom stereocenters. The molecule has 0 fully saturated rings. The van der Waals surface area contributed by atoms with Crippen LogP contribution in [0.3, 0.4) is 0 Å². The van der Waals surface area contributed by atoms with E-state index in [1.807, 2.05) is 0 Å². The number of esters is 1. The van der Waals surface area contributed by atoms with E-state index in [2.05, 4.69) is 0 Å². The second-order valence-electron chi connectivity index (χ2n) is 3.69. The molecule has 1 rings (SSSR count). The van der Waals surface area contributed by atoms with Gasteiger partial charge in [-0.25, -0.2) is 13.6 Å². The molecule has 0 amide bonds. The molecule has 0 saturated heterocycles. The van der Waals surface area contributed by atoms with Crippen LogP contribution in [0.5, 0.6) is 0 Å². The van der Waals surface area contributed by atoms with E-state index in [0.717, 1.165) is 12.5 Å². The van der Waals surface area contributed by atoms with Gasteiger partial charge in [0.05, 0.1) is 17.9 Å². The van der Waals surface area contributed by atoms with Crippen molar-refractivity contribution in [3.05, 3.63) is 29.3 Å². The fourth-order valence-electron chi connectivity index (χ4n) is 1.31. The number of carbonyl (C=O) groups excluding carboxylic acids is 1. The average molecular weight is 259 g/mol. The van der Waals surface area contributed by atoms with Crippen LogP contribution in [0.4, 0.5) is 14.5 Å². The van der Waals surface area contributed by atoms with Crippen LogP contribution in [0.25, 0.3) is 0 Å². The van der Waals surface area contributed by atoms with Gasteiger partial charge in [0.25, 0.3) is 0 Å². The Labute approximate surface area is 104 Å². The lowest BCUT2D eigenvalue weighted by Gasteiger charge is -2.06. The SMILES string of the molecule is COCCCCOC(=O)c1cc(N)c(F)cc1F. The van der Waals surface area contributed by atoms with E-state index in [4.69, 9.17) is 15.2 Å². The lowest BCUT2D eigenvalue weighted by molar-refractivity contribution is 0.0484. The van der Waals surface area contributed by atoms with Crippen LogP contribution in [-0.2, 0) is 9.47 Å². The van der Waals surface area contributed by atoms with E-state index in [9.17, 15) is 13.6 Å². The minimum Gasteiger partial charge on any atom is -0.462 e. The molecule has 2 N–H and O–H groups in total. The number of ether oxygens (including phenoxy) is 2. The number of nitrogens with two attached hydrogens (primary N) is 1. The molecule has 0 bridgehead atoms. The highest BCUT2D eigenvalue weighted by Crippen LogP contribution is 2.17. The molecular formula is C12H15F2NO3. The number of hydrogen-bond acceptors (Lipinski definition) is 4. The monoisotopic (exact) mass is 259 g/mol. The largest absolute Gasteiger partial charge is 0.462 e. The van der Waals surface area contributed by atoms with Gasteiger partial charge in [0.1, 0.15) is 11.6 Å². The molecule has 0 aliphatic rings. The summed E-state index contributed by atoms with van der Waals surface area (Å²) in [4.78, 5) is 11.5. The number of anilines is 1. The number of hydrogen-bond donors (Lipinski definition) is 1. The molecule has 0 heterocycles. The predicted molar refractivity (Wildman–Crippen MR) is 62.2 cm³/mol. The van der Waals surface area contributed by atoms with Crippen LogP contribution in [0.1, 0.15) is 23.2 Å². The molecule has 100 valence electrons. The van der Waals surface area contributed by atoms with Crippen molar-refractivity contribution in [2.45, 2.75) is 12.8 Å². The molecule has 18 heavy (non-hydrogen) atoms. The Morgan fingerprint density at radius 2 is 1.89 bits per heavy atom. The van der Waals surface area contributed by atoms with Crippen molar-refractivity contribution in [3.8, 4) is 0 Å². The van der Waals surface area contributed by atoms with Gasteiger partial charge in [0, 0.05) is 19.8 Å². The van der Waals surface area contributed by atoms with Crippen molar-refractivity contribution in [3.63, 3.8) is 0 Å². The van der Waals surface area contributed by atoms with Crippen molar-refractivity contribution in [1.29, 1.82) is 0 Å². The second-order valence-corrected chi connectivity index (χ2v) is 3.69. The van der Waals surface area contributed by atoms with Crippen LogP contribution in [0.15, 0.2) is 12.1 Å². The number of rotatable bonds is 6. The lowest BCUT2D eigenvalue weighted by atomic mass is 10.2. The first-order valence-electron chi connectivity index (χ1n) is 5.47. The number of carbonyl (C=O) groups is 1. The second kappa shape index (κ2) is 6.90. The number of unbranched alkanes of at least 4 members (excludes halogenated alkanes) is 1. The molecule has 6 heteroatoms. The van der Waals surface area contributed by atoms with Crippen LogP contribution in [0.2, 0.25) is 0 Å². The summed E-state index contributed by atoms with van der Waals surface area (Å²) in [6, 6.07) is 1.50. The average Bonchev–Trinajstić information content (AvgIpc) is 2.33. The van der Waals surface area contributed by atoms with Crippen LogP contribution in [-0.4, -0.2) is 26.3 Å². The molecule has 4 nitrogen and oxygen atoms in total. The number of halogens is 2. The number of methoxy groups -OCH3 is 1. The Balaban J connectivity index is 2.54. The van der Waals surface area contributed by atoms with Crippen LogP contribution >= 0.6 is 0 Å². The summed E-state index contributed by atoms with van der Waals surface area (Å²) in [7, 11) is 1.57. The first-order chi connectivity index (χ1) is 8.56. The Kier molecular flexibility index (Phi) is 5.51. The third-order valence-electron chi connectivity index (χ3n) is 2.28. The third kappa shape index (κ3) is 3.96. The molecule has 0 aliphatic heterocycles. The van der Waals surface area contributed by atoms with Gasteiger partial charge >= 0.3 is 5.97 Å². The quantitative estimate of drug-likeness (QED) is 0.483. The maximum Gasteiger partial charge on any atom is 0.341 e. The predicted octanol–water partition coefficient (Wildman–Crippen LogP) is 2.13. The van der Waals surface area contributed by atoms with Crippen molar-refractivity contribution in [1.82, 2.24) is 0 Å². The first-order valence-corrected chi connectivity index (χ1v) is 5.47. The molecule has 1 aromatic carbocycles. The number of nitrogen functional groups attached to an aromatic ring is 1. The van der Waals surface area contributed by atoms with Crippen LogP contribution < -0.4 is 5.73 Å². The summed E-state index contributed by atoms with van der Waals surface area (Å²) in [6.45, 7) is 0.717. The van der Waals surface area contributed by atoms with Gasteiger partial charge < -0.3 is 15.2 Å². The Morgan fingerprint density at radius 1 is 1.22 bits per heavy atom. The van der Waals surface area contributed by atoms with Gasteiger partial charge in [-0.1, -0.05) is 0 Å². The Morgan fingerprint density at radius 3 is 2.56 bits per heavy atom. The summed E-state index contributed by atoms with van der Waals surface area (Å²) >= 11 is 0. The van der Waals surface area contributed by atoms with E-state index in [0.29, 0.717) is 19.1 Å². The van der Waals surface area contributed by atoms with Gasteiger partial charge in [-0.2, -0.15) is 0 Å². The highest BCUT2D eigenvalue weighted by Gasteiger charge is 2.16. The smallest absolute Gasteiger partial charge is 0.341 e. The normalized spacial score (nSPS) is 10.4. The zero-order valence-electron chi connectivity index (χ0n) is 10.0. The summed E-state index contributed by atoms with van der Waals surface area (Å²) in [5.41, 5.74) is 4.61. The van der Waals surface area contributed by atoms with Crippen molar-refractivity contribution >= 4 is 11.7 Å². The highest BCUT2D eigenvalue weighted by molar-refractivity contribution is 5.90. The van der Waals surface area contributed by atoms with Gasteiger partial charge in [-0.15, -0.1) is 0 Å². The molecule has 0 spiro atoms. The first kappa shape index (κ1) is 14.4. The van der Waals surface area contributed by atoms with Crippen molar-refractivity contribution < 1.29 is 23.0 Å². The fraction of sp³-hybridized carbons (Fsp3) is 0.417. The van der Waals surface area contributed by atoms with Gasteiger partial charge in [-0.3, -0.25) is 0 Å². The third-order valence-corrected chi connectivity index (χ3v) is 2.28. The summed E-state index contributed by atoms with van der Waals surface area (Å²) in [6.07, 6.45) is 1.34. The van der Waals surface area contributed by atoms with E-state index >= 15 is 0 Å². The van der Waals surface area contributed by atoms with E-state index < -0.39 is 17.6 Å². The summed E-state index contributed by atoms with van der Waals surface area (Å²) < 4.78 is 35.8. The summed E-state index contributed by atoms with van der Waals surface area (Å²) in [5.74, 6) is -2.73. The molecule has 1 aromatic rings. The minimum atomic E-state index is -0.983. The van der Waals surface area contributed by atoms with Gasteiger partial charge in [0.15, 0.2) is 0 Å². The van der Waals surface area contributed by atoms with Crippen molar-refractivity contribution in [2.24, 2.45) is 0 Å². The molecule has 0 radical (unpaired) electrons. The maximum absolute atomic E-state index is 13.3. The minimum absolute atomic E-state index is 0.152. The molecule has 0 saturated carbocycles. The molecular weight excluding hydrogens is 244 g/mol. The highest BCUT2D eigenvalue weighted by atomic mass is 19.1. The standard InChI is InChI=1S/C12H15F2NO3/c1-17-4-2-3-5-18-12(16)8-6-11(15)10(14)7-9(8)13/h6-7H,2-5,15H2,1H3. The van der Waals surface area contributed by atoms with Crippen molar-refractivity contribution in [2.75, 3.05) is 26.1 Å². The summed E-state index contributed by atoms with van der Waals surface area (Å²) in [5, 5.41) is 0. The van der Waals surface area contributed by atoms with E-state index in [1.165, 1.54) is 0 Å². The fourth-order valence-corrected chi connectivity index (χ4v) is 1.31. The maximum atomic E-state index is 13.3. The zero-order valence-corrected chi connectivity index (χ0v) is 10.0. The van der Waals surface area contributed by atoms with Gasteiger partial charge in [0.2, 0.25) is 0 Å². The van der Waals surface area contributed by atoms with E-state index in [1.54, 1.807) is 7.11 Å². The topological polar surface area (TPSA) is 61.5 Å². The van der Waals surface area contributed by atoms with E-state index in [-0.39, 0.29) is 17.9 Å². The zero-order chi connectivity index (χ0) is 13.5. The Hall–Kier alpha value is -1.69. The van der Waals surface area contributed by atoms with Crippen LogP contribution in [0, 0.1) is 11.6 Å². The van der Waals surface area contributed by atoms with Gasteiger partial charge in [-0.05, 0) is 18.9 Å². The Bertz CT molecular complexity index is 424. The molecule has 0 aliphatic carbocycles. The lowest BCUT2D eigenvalue weighted by Crippen LogP contribution is -2.10.